The van der Waals surface area contributed by atoms with Gasteiger partial charge < -0.3 is 16.0 Å². The largest absolute Gasteiger partial charge is 0.368 e. The van der Waals surface area contributed by atoms with Gasteiger partial charge in [0, 0.05) is 62.0 Å². The number of alkyl halides is 2. The molecule has 5 nitrogen and oxygen atoms in total. The second-order valence-corrected chi connectivity index (χ2v) is 8.91. The van der Waals surface area contributed by atoms with Crippen LogP contribution in [0.2, 0.25) is 0 Å². The molecule has 1 saturated heterocycles. The van der Waals surface area contributed by atoms with Gasteiger partial charge in [-0.3, -0.25) is 9.78 Å². The summed E-state index contributed by atoms with van der Waals surface area (Å²) in [5.74, 6) is -4.90. The van der Waals surface area contributed by atoms with Crippen molar-refractivity contribution >= 4 is 11.6 Å². The molecule has 2 fully saturated rings. The van der Waals surface area contributed by atoms with Crippen molar-refractivity contribution in [2.75, 3.05) is 24.5 Å². The Balaban J connectivity index is 1.68. The van der Waals surface area contributed by atoms with Crippen molar-refractivity contribution in [3.63, 3.8) is 0 Å². The molecule has 31 heavy (non-hydrogen) atoms. The number of carbonyl (C=O) groups is 1. The molecule has 4 rings (SSSR count). The van der Waals surface area contributed by atoms with Crippen LogP contribution in [0.25, 0.3) is 11.1 Å². The Hall–Kier alpha value is -2.68. The third-order valence-electron chi connectivity index (χ3n) is 5.88. The maximum atomic E-state index is 13.9. The first-order chi connectivity index (χ1) is 14.5. The van der Waals surface area contributed by atoms with E-state index in [0.717, 1.165) is 6.07 Å². The molecule has 0 unspecified atom stereocenters. The fraction of sp³-hybridized carbons (Fsp3) is 0.455. The molecular formula is C22H24F4N4O. The van der Waals surface area contributed by atoms with Gasteiger partial charge >= 0.3 is 0 Å². The summed E-state index contributed by atoms with van der Waals surface area (Å²) in [4.78, 5) is 19.0. The molecule has 1 amide bonds. The number of amides is 1. The number of benzene rings is 1. The van der Waals surface area contributed by atoms with Gasteiger partial charge in [0.25, 0.3) is 5.91 Å². The van der Waals surface area contributed by atoms with Crippen molar-refractivity contribution < 1.29 is 22.4 Å². The van der Waals surface area contributed by atoms with Gasteiger partial charge in [-0.05, 0) is 37.0 Å². The smallest absolute Gasteiger partial charge is 0.254 e. The zero-order valence-corrected chi connectivity index (χ0v) is 17.1. The van der Waals surface area contributed by atoms with Crippen molar-refractivity contribution in [2.24, 2.45) is 11.7 Å². The Morgan fingerprint density at radius 2 is 1.90 bits per heavy atom. The molecular weight excluding hydrogens is 412 g/mol. The Bertz CT molecular complexity index is 983. The number of hydrogen-bond donors (Lipinski definition) is 2. The van der Waals surface area contributed by atoms with Gasteiger partial charge in [-0.15, -0.1) is 0 Å². The molecule has 2 heterocycles. The molecule has 1 aromatic heterocycles. The van der Waals surface area contributed by atoms with Crippen LogP contribution >= 0.6 is 0 Å². The Labute approximate surface area is 177 Å². The number of aromatic nitrogens is 1. The lowest BCUT2D eigenvalue weighted by Crippen LogP contribution is -2.43. The summed E-state index contributed by atoms with van der Waals surface area (Å²) in [6.07, 6.45) is 3.01. The second kappa shape index (κ2) is 7.78. The van der Waals surface area contributed by atoms with Crippen LogP contribution < -0.4 is 16.0 Å². The highest BCUT2D eigenvalue weighted by Gasteiger charge is 2.45. The van der Waals surface area contributed by atoms with E-state index >= 15 is 0 Å². The summed E-state index contributed by atoms with van der Waals surface area (Å²) in [5.41, 5.74) is 7.12. The monoisotopic (exact) mass is 436 g/mol. The van der Waals surface area contributed by atoms with E-state index in [2.05, 4.69) is 10.3 Å². The van der Waals surface area contributed by atoms with Crippen molar-refractivity contribution in [2.45, 2.75) is 37.6 Å². The predicted molar refractivity (Wildman–Crippen MR) is 109 cm³/mol. The zero-order valence-electron chi connectivity index (χ0n) is 17.1. The van der Waals surface area contributed by atoms with Gasteiger partial charge in [0.2, 0.25) is 5.92 Å². The van der Waals surface area contributed by atoms with E-state index in [1.165, 1.54) is 24.5 Å². The molecule has 1 aromatic carbocycles. The van der Waals surface area contributed by atoms with Gasteiger partial charge in [0.05, 0.1) is 11.3 Å². The summed E-state index contributed by atoms with van der Waals surface area (Å²) in [6.45, 7) is 3.02. The molecule has 1 atom stereocenters. The molecule has 3 N–H and O–H groups in total. The first-order valence-corrected chi connectivity index (χ1v) is 10.2. The number of carbonyl (C=O) groups excluding carboxylic acids is 1. The van der Waals surface area contributed by atoms with Crippen molar-refractivity contribution in [1.82, 2.24) is 10.3 Å². The van der Waals surface area contributed by atoms with E-state index in [9.17, 15) is 22.4 Å². The van der Waals surface area contributed by atoms with Crippen LogP contribution in [0.1, 0.15) is 36.5 Å². The highest BCUT2D eigenvalue weighted by atomic mass is 19.3. The molecule has 1 aliphatic heterocycles. The van der Waals surface area contributed by atoms with Crippen LogP contribution in [0.3, 0.4) is 0 Å². The minimum atomic E-state index is -2.66. The quantitative estimate of drug-likeness (QED) is 0.701. The second-order valence-electron chi connectivity index (χ2n) is 8.91. The van der Waals surface area contributed by atoms with Crippen LogP contribution in [0.4, 0.5) is 23.2 Å². The summed E-state index contributed by atoms with van der Waals surface area (Å²) in [5, 5.41) is 2.71. The Morgan fingerprint density at radius 1 is 1.23 bits per heavy atom. The van der Waals surface area contributed by atoms with E-state index < -0.39 is 29.0 Å². The third kappa shape index (κ3) is 4.66. The van der Waals surface area contributed by atoms with E-state index in [1.807, 2.05) is 11.8 Å². The van der Waals surface area contributed by atoms with Crippen LogP contribution in [-0.2, 0) is 0 Å². The van der Waals surface area contributed by atoms with Crippen molar-refractivity contribution in [1.29, 1.82) is 0 Å². The summed E-state index contributed by atoms with van der Waals surface area (Å²) in [6, 6.07) is 3.13. The average Bonchev–Trinajstić information content (AvgIpc) is 3.02. The van der Waals surface area contributed by atoms with Crippen LogP contribution in [0, 0.1) is 17.6 Å². The molecule has 0 bridgehead atoms. The lowest BCUT2D eigenvalue weighted by molar-refractivity contribution is -0.108. The molecule has 0 radical (unpaired) electrons. The first-order valence-electron chi connectivity index (χ1n) is 10.2. The van der Waals surface area contributed by atoms with Crippen LogP contribution in [0.15, 0.2) is 30.6 Å². The molecule has 9 heteroatoms. The van der Waals surface area contributed by atoms with Crippen molar-refractivity contribution in [3.8, 4) is 11.1 Å². The number of anilines is 1. The fourth-order valence-corrected chi connectivity index (χ4v) is 4.32. The summed E-state index contributed by atoms with van der Waals surface area (Å²) < 4.78 is 53.9. The third-order valence-corrected chi connectivity index (χ3v) is 5.88. The number of halogens is 4. The Kier molecular flexibility index (Phi) is 5.41. The molecule has 2 aromatic rings. The van der Waals surface area contributed by atoms with Crippen LogP contribution in [0.5, 0.6) is 0 Å². The maximum absolute atomic E-state index is 13.9. The summed E-state index contributed by atoms with van der Waals surface area (Å²) >= 11 is 0. The number of nitrogens with two attached hydrogens (primary N) is 1. The Morgan fingerprint density at radius 3 is 2.48 bits per heavy atom. The van der Waals surface area contributed by atoms with Crippen LogP contribution in [-0.4, -0.2) is 42.0 Å². The lowest BCUT2D eigenvalue weighted by atomic mass is 9.81. The molecule has 1 aliphatic carbocycles. The normalized spacial score (nSPS) is 23.0. The minimum Gasteiger partial charge on any atom is -0.368 e. The highest BCUT2D eigenvalue weighted by Crippen LogP contribution is 2.42. The SMILES string of the molecule is C[C@]1(N)CCN(c2c(C(=O)NCC3CC(F)(F)C3)cncc2-c2cc(F)cc(F)c2)C1. The highest BCUT2D eigenvalue weighted by molar-refractivity contribution is 6.03. The fourth-order valence-electron chi connectivity index (χ4n) is 4.32. The van der Waals surface area contributed by atoms with Gasteiger partial charge in [-0.1, -0.05) is 0 Å². The summed E-state index contributed by atoms with van der Waals surface area (Å²) in [7, 11) is 0. The molecule has 1 saturated carbocycles. The lowest BCUT2D eigenvalue weighted by Gasteiger charge is -2.35. The standard InChI is InChI=1S/C22H24F4N4O/c1-21(27)2-3-30(12-21)19-17(14-4-15(23)6-16(24)5-14)10-28-11-18(19)20(31)29-9-13-7-22(25,26)8-13/h4-6,10-11,13H,2-3,7-9,12,27H2,1H3,(H,29,31)/t21-/m0/s1. The van der Waals surface area contributed by atoms with Crippen molar-refractivity contribution in [3.05, 3.63) is 47.8 Å². The predicted octanol–water partition coefficient (Wildman–Crippen LogP) is 3.73. The van der Waals surface area contributed by atoms with E-state index in [1.54, 1.807) is 0 Å². The number of rotatable bonds is 5. The first kappa shape index (κ1) is 21.5. The van der Waals surface area contributed by atoms with E-state index in [0.29, 0.717) is 30.8 Å². The van der Waals surface area contributed by atoms with Gasteiger partial charge in [0.1, 0.15) is 11.6 Å². The molecule has 0 spiro atoms. The molecule has 2 aliphatic rings. The van der Waals surface area contributed by atoms with E-state index in [4.69, 9.17) is 5.73 Å². The van der Waals surface area contributed by atoms with Gasteiger partial charge in [-0.25, -0.2) is 17.6 Å². The average molecular weight is 436 g/mol. The van der Waals surface area contributed by atoms with Gasteiger partial charge in [-0.2, -0.15) is 0 Å². The maximum Gasteiger partial charge on any atom is 0.254 e. The number of nitrogens with one attached hydrogen (secondary N) is 1. The zero-order chi connectivity index (χ0) is 22.4. The topological polar surface area (TPSA) is 71.2 Å². The number of hydrogen-bond acceptors (Lipinski definition) is 4. The molecule has 166 valence electrons. The number of nitrogens with zero attached hydrogens (tertiary/aromatic N) is 2. The minimum absolute atomic E-state index is 0.126. The number of pyridine rings is 1. The van der Waals surface area contributed by atoms with Gasteiger partial charge in [0.15, 0.2) is 0 Å². The van der Waals surface area contributed by atoms with E-state index in [-0.39, 0.29) is 36.4 Å².